The van der Waals surface area contributed by atoms with Gasteiger partial charge in [0.2, 0.25) is 0 Å². The third-order valence-electron chi connectivity index (χ3n) is 3.88. The zero-order chi connectivity index (χ0) is 14.9. The van der Waals surface area contributed by atoms with Crippen molar-refractivity contribution in [2.24, 2.45) is 0 Å². The molecule has 0 saturated carbocycles. The van der Waals surface area contributed by atoms with Gasteiger partial charge in [-0.15, -0.1) is 0 Å². The van der Waals surface area contributed by atoms with E-state index in [2.05, 4.69) is 16.7 Å². The van der Waals surface area contributed by atoms with Crippen LogP contribution in [0.25, 0.3) is 0 Å². The molecule has 6 heteroatoms. The van der Waals surface area contributed by atoms with Crippen LogP contribution in [-0.2, 0) is 12.7 Å². The van der Waals surface area contributed by atoms with Crippen molar-refractivity contribution >= 4 is 5.69 Å². The third kappa shape index (κ3) is 3.43. The Morgan fingerprint density at radius 1 is 1.30 bits per heavy atom. The van der Waals surface area contributed by atoms with Gasteiger partial charge in [0, 0.05) is 37.9 Å². The zero-order valence-corrected chi connectivity index (χ0v) is 11.7. The van der Waals surface area contributed by atoms with E-state index in [-0.39, 0.29) is 5.69 Å². The van der Waals surface area contributed by atoms with Crippen molar-refractivity contribution in [1.82, 2.24) is 9.80 Å². The summed E-state index contributed by atoms with van der Waals surface area (Å²) < 4.78 is 39.1. The number of hydrogen-bond acceptors (Lipinski definition) is 3. The van der Waals surface area contributed by atoms with Crippen LogP contribution in [0.4, 0.5) is 18.9 Å². The van der Waals surface area contributed by atoms with E-state index in [0.717, 1.165) is 25.7 Å². The van der Waals surface area contributed by atoms with Gasteiger partial charge in [-0.2, -0.15) is 13.2 Å². The summed E-state index contributed by atoms with van der Waals surface area (Å²) in [7, 11) is 2.03. The van der Waals surface area contributed by atoms with Gasteiger partial charge in [0.05, 0.1) is 5.56 Å². The van der Waals surface area contributed by atoms with Crippen LogP contribution in [0.1, 0.15) is 18.1 Å². The van der Waals surface area contributed by atoms with E-state index in [1.54, 1.807) is 0 Å². The van der Waals surface area contributed by atoms with Gasteiger partial charge < -0.3 is 10.6 Å². The minimum absolute atomic E-state index is 0.146. The molecule has 1 unspecified atom stereocenters. The lowest BCUT2D eigenvalue weighted by Gasteiger charge is -2.38. The lowest BCUT2D eigenvalue weighted by Crippen LogP contribution is -2.49. The molecule has 20 heavy (non-hydrogen) atoms. The number of nitrogens with two attached hydrogens (primary N) is 1. The van der Waals surface area contributed by atoms with Crippen LogP contribution in [0.3, 0.4) is 0 Å². The van der Waals surface area contributed by atoms with Crippen LogP contribution >= 0.6 is 0 Å². The summed E-state index contributed by atoms with van der Waals surface area (Å²) in [6, 6.07) is 4.40. The van der Waals surface area contributed by atoms with Crippen molar-refractivity contribution in [1.29, 1.82) is 0 Å². The van der Waals surface area contributed by atoms with E-state index >= 15 is 0 Å². The highest BCUT2D eigenvalue weighted by atomic mass is 19.4. The minimum atomic E-state index is -4.36. The van der Waals surface area contributed by atoms with Crippen LogP contribution in [0.2, 0.25) is 0 Å². The molecule has 112 valence electrons. The summed E-state index contributed by atoms with van der Waals surface area (Å²) >= 11 is 0. The number of likely N-dealkylation sites (N-methyl/N-ethyl adjacent to an activating group) is 1. The smallest absolute Gasteiger partial charge is 0.399 e. The summed E-state index contributed by atoms with van der Waals surface area (Å²) in [5, 5.41) is 0. The van der Waals surface area contributed by atoms with Gasteiger partial charge in [-0.05, 0) is 31.7 Å². The monoisotopic (exact) mass is 287 g/mol. The highest BCUT2D eigenvalue weighted by Crippen LogP contribution is 2.34. The summed E-state index contributed by atoms with van der Waals surface area (Å²) in [5.74, 6) is 0. The normalized spacial score (nSPS) is 22.1. The van der Waals surface area contributed by atoms with E-state index < -0.39 is 11.7 Å². The first-order valence-electron chi connectivity index (χ1n) is 6.65. The summed E-state index contributed by atoms with van der Waals surface area (Å²) in [6.45, 7) is 4.82. The Labute approximate surface area is 117 Å². The number of anilines is 1. The molecule has 0 spiro atoms. The topological polar surface area (TPSA) is 32.5 Å². The first-order valence-corrected chi connectivity index (χ1v) is 6.65. The van der Waals surface area contributed by atoms with Crippen LogP contribution in [0.15, 0.2) is 18.2 Å². The Bertz CT molecular complexity index is 473. The largest absolute Gasteiger partial charge is 0.416 e. The molecule has 1 aromatic rings. The summed E-state index contributed by atoms with van der Waals surface area (Å²) in [4.78, 5) is 4.27. The van der Waals surface area contributed by atoms with Crippen molar-refractivity contribution in [3.63, 3.8) is 0 Å². The minimum Gasteiger partial charge on any atom is -0.399 e. The standard InChI is InChI=1S/C14H20F3N3/c1-10-8-20(6-5-19(10)2)9-11-3-4-12(18)7-13(11)14(15,16)17/h3-4,7,10H,5-6,8-9,18H2,1-2H3. The highest BCUT2D eigenvalue weighted by molar-refractivity contribution is 5.46. The van der Waals surface area contributed by atoms with Crippen LogP contribution in [0, 0.1) is 0 Å². The molecular weight excluding hydrogens is 267 g/mol. The first kappa shape index (κ1) is 15.1. The Morgan fingerprint density at radius 3 is 2.60 bits per heavy atom. The second kappa shape index (κ2) is 5.61. The first-order chi connectivity index (χ1) is 9.27. The van der Waals surface area contributed by atoms with Crippen molar-refractivity contribution in [3.8, 4) is 0 Å². The van der Waals surface area contributed by atoms with Crippen molar-refractivity contribution in [2.75, 3.05) is 32.4 Å². The number of nitrogen functional groups attached to an aromatic ring is 1. The van der Waals surface area contributed by atoms with Crippen molar-refractivity contribution in [2.45, 2.75) is 25.7 Å². The van der Waals surface area contributed by atoms with Gasteiger partial charge in [0.1, 0.15) is 0 Å². The van der Waals surface area contributed by atoms with Gasteiger partial charge in [0.15, 0.2) is 0 Å². The van der Waals surface area contributed by atoms with Gasteiger partial charge in [0.25, 0.3) is 0 Å². The molecule has 2 N–H and O–H groups in total. The van der Waals surface area contributed by atoms with Gasteiger partial charge in [-0.25, -0.2) is 0 Å². The SMILES string of the molecule is CC1CN(Cc2ccc(N)cc2C(F)(F)F)CCN1C. The molecule has 1 aliphatic rings. The molecule has 0 aliphatic carbocycles. The molecule has 0 bridgehead atoms. The molecule has 3 nitrogen and oxygen atoms in total. The fraction of sp³-hybridized carbons (Fsp3) is 0.571. The van der Waals surface area contributed by atoms with Crippen LogP contribution in [-0.4, -0.2) is 42.5 Å². The maximum Gasteiger partial charge on any atom is 0.416 e. The number of piperazine rings is 1. The molecule has 0 amide bonds. The molecule has 1 aromatic carbocycles. The van der Waals surface area contributed by atoms with E-state index in [1.807, 2.05) is 7.05 Å². The lowest BCUT2D eigenvalue weighted by atomic mass is 10.0. The number of alkyl halides is 3. The molecule has 0 aromatic heterocycles. The van der Waals surface area contributed by atoms with E-state index in [4.69, 9.17) is 5.73 Å². The predicted molar refractivity (Wildman–Crippen MR) is 73.2 cm³/mol. The predicted octanol–water partition coefficient (Wildman–Crippen LogP) is 2.42. The zero-order valence-electron chi connectivity index (χ0n) is 11.7. The Morgan fingerprint density at radius 2 is 2.00 bits per heavy atom. The van der Waals surface area contributed by atoms with E-state index in [9.17, 15) is 13.2 Å². The molecule has 1 fully saturated rings. The highest BCUT2D eigenvalue weighted by Gasteiger charge is 2.34. The number of halogens is 3. The quantitative estimate of drug-likeness (QED) is 0.848. The number of hydrogen-bond donors (Lipinski definition) is 1. The fourth-order valence-corrected chi connectivity index (χ4v) is 2.50. The van der Waals surface area contributed by atoms with E-state index in [1.165, 1.54) is 12.1 Å². The second-order valence-corrected chi connectivity index (χ2v) is 5.48. The molecule has 2 rings (SSSR count). The maximum atomic E-state index is 13.0. The molecule has 1 atom stereocenters. The average Bonchev–Trinajstić information content (AvgIpc) is 2.35. The summed E-state index contributed by atoms with van der Waals surface area (Å²) in [6.07, 6.45) is -4.36. The van der Waals surface area contributed by atoms with Crippen LogP contribution in [0.5, 0.6) is 0 Å². The lowest BCUT2D eigenvalue weighted by molar-refractivity contribution is -0.138. The molecular formula is C14H20F3N3. The number of nitrogens with zero attached hydrogens (tertiary/aromatic N) is 2. The molecule has 1 saturated heterocycles. The number of benzene rings is 1. The Hall–Kier alpha value is -1.27. The molecule has 1 heterocycles. The van der Waals surface area contributed by atoms with E-state index in [0.29, 0.717) is 18.2 Å². The number of rotatable bonds is 2. The Balaban J connectivity index is 2.17. The fourth-order valence-electron chi connectivity index (χ4n) is 2.50. The average molecular weight is 287 g/mol. The van der Waals surface area contributed by atoms with Gasteiger partial charge in [-0.3, -0.25) is 4.90 Å². The third-order valence-corrected chi connectivity index (χ3v) is 3.88. The maximum absolute atomic E-state index is 13.0. The molecule has 0 radical (unpaired) electrons. The molecule has 1 aliphatic heterocycles. The summed E-state index contributed by atoms with van der Waals surface area (Å²) in [5.41, 5.74) is 5.30. The van der Waals surface area contributed by atoms with Crippen molar-refractivity contribution < 1.29 is 13.2 Å². The van der Waals surface area contributed by atoms with Gasteiger partial charge in [-0.1, -0.05) is 6.07 Å². The van der Waals surface area contributed by atoms with Gasteiger partial charge >= 0.3 is 6.18 Å². The van der Waals surface area contributed by atoms with Crippen LogP contribution < -0.4 is 5.73 Å². The Kier molecular flexibility index (Phi) is 4.25. The van der Waals surface area contributed by atoms with Crippen molar-refractivity contribution in [3.05, 3.63) is 29.3 Å². The second-order valence-electron chi connectivity index (χ2n) is 5.48.